The van der Waals surface area contributed by atoms with Gasteiger partial charge in [-0.2, -0.15) is 0 Å². The molecule has 0 spiro atoms. The van der Waals surface area contributed by atoms with Gasteiger partial charge in [-0.3, -0.25) is 4.79 Å². The van der Waals surface area contributed by atoms with E-state index in [1.807, 2.05) is 13.8 Å². The first-order valence-corrected chi connectivity index (χ1v) is 7.41. The Bertz CT molecular complexity index is 268. The maximum atomic E-state index is 11.9. The van der Waals surface area contributed by atoms with Crippen LogP contribution >= 0.6 is 15.9 Å². The molecule has 1 fully saturated rings. The first-order valence-electron chi connectivity index (χ1n) is 6.61. The van der Waals surface area contributed by atoms with Gasteiger partial charge in [0.15, 0.2) is 0 Å². The third-order valence-corrected chi connectivity index (χ3v) is 4.03. The van der Waals surface area contributed by atoms with Crippen molar-refractivity contribution in [3.05, 3.63) is 0 Å². The quantitative estimate of drug-likeness (QED) is 0.578. The molecule has 0 saturated heterocycles. The summed E-state index contributed by atoms with van der Waals surface area (Å²) in [5.74, 6) is 1.63. The standard InChI is InChI=1S/C14H25BrO2/c1-9(2)11-7-6-10(3)8-12(11)17-13(16)14(4,5)15/h9-12H,6-8H2,1-5H3/t10-,11+,12-/m1/s1. The molecule has 0 bridgehead atoms. The zero-order valence-electron chi connectivity index (χ0n) is 11.6. The fourth-order valence-corrected chi connectivity index (χ4v) is 2.62. The normalized spacial score (nSPS) is 30.4. The monoisotopic (exact) mass is 304 g/mol. The summed E-state index contributed by atoms with van der Waals surface area (Å²) in [6.45, 7) is 10.4. The van der Waals surface area contributed by atoms with Crippen LogP contribution < -0.4 is 0 Å². The first kappa shape index (κ1) is 15.0. The van der Waals surface area contributed by atoms with E-state index in [2.05, 4.69) is 36.7 Å². The molecule has 3 atom stereocenters. The average Bonchev–Trinajstić information content (AvgIpc) is 2.15. The molecule has 0 aromatic carbocycles. The second-order valence-corrected chi connectivity index (χ2v) is 8.22. The molecule has 100 valence electrons. The van der Waals surface area contributed by atoms with Gasteiger partial charge in [-0.05, 0) is 44.4 Å². The molecule has 0 aromatic heterocycles. The van der Waals surface area contributed by atoms with Gasteiger partial charge in [-0.15, -0.1) is 0 Å². The number of hydrogen-bond acceptors (Lipinski definition) is 2. The Morgan fingerprint density at radius 2 is 1.94 bits per heavy atom. The Kier molecular flexibility index (Phi) is 5.06. The Morgan fingerprint density at radius 3 is 2.41 bits per heavy atom. The number of esters is 1. The lowest BCUT2D eigenvalue weighted by Crippen LogP contribution is -2.39. The summed E-state index contributed by atoms with van der Waals surface area (Å²) in [6, 6.07) is 0. The van der Waals surface area contributed by atoms with Crippen LogP contribution in [0.4, 0.5) is 0 Å². The highest BCUT2D eigenvalue weighted by atomic mass is 79.9. The van der Waals surface area contributed by atoms with Gasteiger partial charge in [0.1, 0.15) is 10.4 Å². The molecule has 0 heterocycles. The second kappa shape index (κ2) is 5.73. The zero-order valence-corrected chi connectivity index (χ0v) is 13.2. The zero-order chi connectivity index (χ0) is 13.2. The van der Waals surface area contributed by atoms with Gasteiger partial charge in [-0.1, -0.05) is 43.1 Å². The molecule has 17 heavy (non-hydrogen) atoms. The van der Waals surface area contributed by atoms with Crippen molar-refractivity contribution in [1.29, 1.82) is 0 Å². The largest absolute Gasteiger partial charge is 0.461 e. The third kappa shape index (κ3) is 4.27. The van der Waals surface area contributed by atoms with Crippen LogP contribution in [0.5, 0.6) is 0 Å². The van der Waals surface area contributed by atoms with Gasteiger partial charge in [0.05, 0.1) is 0 Å². The van der Waals surface area contributed by atoms with Crippen LogP contribution in [0.25, 0.3) is 0 Å². The van der Waals surface area contributed by atoms with E-state index in [1.54, 1.807) is 0 Å². The van der Waals surface area contributed by atoms with E-state index in [0.717, 1.165) is 6.42 Å². The first-order chi connectivity index (χ1) is 7.71. The fraction of sp³-hybridized carbons (Fsp3) is 0.929. The maximum absolute atomic E-state index is 11.9. The molecular weight excluding hydrogens is 280 g/mol. The molecule has 3 heteroatoms. The molecule has 0 aliphatic heterocycles. The summed E-state index contributed by atoms with van der Waals surface area (Å²) in [4.78, 5) is 11.9. The fourth-order valence-electron chi connectivity index (χ4n) is 2.53. The Morgan fingerprint density at radius 1 is 1.35 bits per heavy atom. The molecule has 0 radical (unpaired) electrons. The van der Waals surface area contributed by atoms with E-state index in [4.69, 9.17) is 4.74 Å². The number of rotatable bonds is 3. The van der Waals surface area contributed by atoms with Crippen molar-refractivity contribution in [3.63, 3.8) is 0 Å². The molecule has 1 aliphatic rings. The maximum Gasteiger partial charge on any atom is 0.322 e. The molecule has 1 rings (SSSR count). The van der Waals surface area contributed by atoms with Crippen molar-refractivity contribution in [1.82, 2.24) is 0 Å². The molecule has 1 aliphatic carbocycles. The lowest BCUT2D eigenvalue weighted by molar-refractivity contribution is -0.157. The number of ether oxygens (including phenoxy) is 1. The number of halogens is 1. The average molecular weight is 305 g/mol. The summed E-state index contributed by atoms with van der Waals surface area (Å²) in [5, 5.41) is 0. The Balaban J connectivity index is 2.67. The van der Waals surface area contributed by atoms with Gasteiger partial charge in [0.2, 0.25) is 0 Å². The lowest BCUT2D eigenvalue weighted by Gasteiger charge is -2.37. The van der Waals surface area contributed by atoms with Crippen LogP contribution in [0.2, 0.25) is 0 Å². The van der Waals surface area contributed by atoms with Gasteiger partial charge < -0.3 is 4.74 Å². The number of carbonyl (C=O) groups is 1. The molecule has 0 N–H and O–H groups in total. The highest BCUT2D eigenvalue weighted by Crippen LogP contribution is 2.36. The molecule has 0 aromatic rings. The predicted octanol–water partition coefficient (Wildman–Crippen LogP) is 4.16. The van der Waals surface area contributed by atoms with E-state index in [9.17, 15) is 4.79 Å². The lowest BCUT2D eigenvalue weighted by atomic mass is 9.75. The number of alkyl halides is 1. The SMILES string of the molecule is CC(C)[C@@H]1CC[C@@H](C)C[C@H]1OC(=O)C(C)(C)Br. The summed E-state index contributed by atoms with van der Waals surface area (Å²) in [6.07, 6.45) is 3.55. The van der Waals surface area contributed by atoms with Crippen molar-refractivity contribution in [2.24, 2.45) is 17.8 Å². The minimum absolute atomic E-state index is 0.100. The molecule has 1 saturated carbocycles. The minimum atomic E-state index is -0.574. The number of hydrogen-bond donors (Lipinski definition) is 0. The van der Waals surface area contributed by atoms with Crippen molar-refractivity contribution in [2.45, 2.75) is 64.3 Å². The minimum Gasteiger partial charge on any atom is -0.461 e. The van der Waals surface area contributed by atoms with Crippen LogP contribution in [-0.4, -0.2) is 16.4 Å². The van der Waals surface area contributed by atoms with E-state index < -0.39 is 4.32 Å². The van der Waals surface area contributed by atoms with E-state index in [1.165, 1.54) is 12.8 Å². The van der Waals surface area contributed by atoms with Crippen LogP contribution in [0.15, 0.2) is 0 Å². The van der Waals surface area contributed by atoms with Gasteiger partial charge in [0.25, 0.3) is 0 Å². The Hall–Kier alpha value is -0.0500. The second-order valence-electron chi connectivity index (χ2n) is 6.24. The predicted molar refractivity (Wildman–Crippen MR) is 74.2 cm³/mol. The van der Waals surface area contributed by atoms with Gasteiger partial charge in [-0.25, -0.2) is 0 Å². The highest BCUT2D eigenvalue weighted by Gasteiger charge is 2.36. The van der Waals surface area contributed by atoms with Crippen molar-refractivity contribution in [3.8, 4) is 0 Å². The van der Waals surface area contributed by atoms with E-state index >= 15 is 0 Å². The van der Waals surface area contributed by atoms with Gasteiger partial charge in [0, 0.05) is 0 Å². The molecule has 0 unspecified atom stereocenters. The van der Waals surface area contributed by atoms with Crippen LogP contribution in [0.3, 0.4) is 0 Å². The van der Waals surface area contributed by atoms with Gasteiger partial charge >= 0.3 is 5.97 Å². The van der Waals surface area contributed by atoms with E-state index in [0.29, 0.717) is 17.8 Å². The van der Waals surface area contributed by atoms with Crippen molar-refractivity contribution < 1.29 is 9.53 Å². The Labute approximate surface area is 114 Å². The highest BCUT2D eigenvalue weighted by molar-refractivity contribution is 9.10. The summed E-state index contributed by atoms with van der Waals surface area (Å²) in [5.41, 5.74) is 0. The summed E-state index contributed by atoms with van der Waals surface area (Å²) in [7, 11) is 0. The molecule has 2 nitrogen and oxygen atoms in total. The molecule has 0 amide bonds. The van der Waals surface area contributed by atoms with Crippen molar-refractivity contribution >= 4 is 21.9 Å². The molecular formula is C14H25BrO2. The number of carbonyl (C=O) groups excluding carboxylic acids is 1. The van der Waals surface area contributed by atoms with E-state index in [-0.39, 0.29) is 12.1 Å². The van der Waals surface area contributed by atoms with Crippen LogP contribution in [0.1, 0.15) is 53.9 Å². The topological polar surface area (TPSA) is 26.3 Å². The van der Waals surface area contributed by atoms with Crippen LogP contribution in [-0.2, 0) is 9.53 Å². The third-order valence-electron chi connectivity index (χ3n) is 3.71. The summed E-state index contributed by atoms with van der Waals surface area (Å²) >= 11 is 3.37. The van der Waals surface area contributed by atoms with Crippen LogP contribution in [0, 0.1) is 17.8 Å². The van der Waals surface area contributed by atoms with Crippen molar-refractivity contribution in [2.75, 3.05) is 0 Å². The summed E-state index contributed by atoms with van der Waals surface area (Å²) < 4.78 is 5.14. The smallest absolute Gasteiger partial charge is 0.322 e.